The monoisotopic (exact) mass is 463 g/mol. The molecular weight excluding hydrogens is 426 g/mol. The molecule has 182 valence electrons. The first-order chi connectivity index (χ1) is 16.0. The molecule has 1 amide bonds. The highest BCUT2D eigenvalue weighted by Gasteiger charge is 2.55. The Morgan fingerprint density at radius 1 is 1.09 bits per heavy atom. The van der Waals surface area contributed by atoms with Gasteiger partial charge < -0.3 is 15.5 Å². The van der Waals surface area contributed by atoms with Crippen LogP contribution in [0.25, 0.3) is 0 Å². The van der Waals surface area contributed by atoms with E-state index in [2.05, 4.69) is 44.3 Å². The molecule has 2 aromatic rings. The van der Waals surface area contributed by atoms with Crippen molar-refractivity contribution >= 4 is 11.9 Å². The average Bonchev–Trinajstić information content (AvgIpc) is 2.79. The van der Waals surface area contributed by atoms with Crippen molar-refractivity contribution in [3.63, 3.8) is 0 Å². The molecule has 4 atom stereocenters. The van der Waals surface area contributed by atoms with E-state index in [9.17, 15) is 19.8 Å². The number of benzene rings is 2. The smallest absolute Gasteiger partial charge is 0.326 e. The molecule has 1 saturated carbocycles. The van der Waals surface area contributed by atoms with E-state index >= 15 is 0 Å². The van der Waals surface area contributed by atoms with Gasteiger partial charge in [-0.2, -0.15) is 0 Å². The van der Waals surface area contributed by atoms with Crippen LogP contribution in [0.15, 0.2) is 42.5 Å². The standard InChI is InChI=1S/C29H37NO4/c1-18(2)20-8-12-23-21(17-20)9-13-25-28(23,3)14-5-15-29(25,4)27(34)30-24(26(32)33)16-19-6-10-22(31)11-7-19/h6-8,10-12,17-18,24-25,31H,5,9,13-16H2,1-4H3,(H,30,34)(H,32,33)/t24-,25-,28-,29-/m1/s1. The van der Waals surface area contributed by atoms with Crippen molar-refractivity contribution in [1.29, 1.82) is 0 Å². The lowest BCUT2D eigenvalue weighted by molar-refractivity contribution is -0.147. The van der Waals surface area contributed by atoms with E-state index in [-0.39, 0.29) is 29.4 Å². The van der Waals surface area contributed by atoms with Gasteiger partial charge in [-0.1, -0.05) is 64.4 Å². The molecule has 34 heavy (non-hydrogen) atoms. The van der Waals surface area contributed by atoms with E-state index in [1.807, 2.05) is 6.92 Å². The maximum atomic E-state index is 13.7. The normalized spacial score (nSPS) is 26.9. The van der Waals surface area contributed by atoms with Crippen LogP contribution >= 0.6 is 0 Å². The summed E-state index contributed by atoms with van der Waals surface area (Å²) in [5.74, 6) is -0.420. The third-order valence-corrected chi connectivity index (χ3v) is 8.54. The molecule has 0 heterocycles. The maximum absolute atomic E-state index is 13.7. The Hall–Kier alpha value is -2.82. The third-order valence-electron chi connectivity index (χ3n) is 8.54. The van der Waals surface area contributed by atoms with Gasteiger partial charge in [-0.3, -0.25) is 4.79 Å². The van der Waals surface area contributed by atoms with Crippen LogP contribution in [0.3, 0.4) is 0 Å². The number of fused-ring (bicyclic) bond motifs is 3. The molecule has 0 bridgehead atoms. The highest BCUT2D eigenvalue weighted by atomic mass is 16.4. The summed E-state index contributed by atoms with van der Waals surface area (Å²) in [5.41, 5.74) is 4.18. The summed E-state index contributed by atoms with van der Waals surface area (Å²) in [6.07, 6.45) is 4.83. The number of phenols is 1. The highest BCUT2D eigenvalue weighted by Crippen LogP contribution is 2.57. The van der Waals surface area contributed by atoms with Crippen LogP contribution in [0.4, 0.5) is 0 Å². The van der Waals surface area contributed by atoms with Crippen LogP contribution in [-0.4, -0.2) is 28.1 Å². The van der Waals surface area contributed by atoms with Gasteiger partial charge >= 0.3 is 5.97 Å². The van der Waals surface area contributed by atoms with E-state index in [4.69, 9.17) is 0 Å². The molecule has 1 fully saturated rings. The fourth-order valence-corrected chi connectivity index (χ4v) is 6.53. The molecule has 0 aliphatic heterocycles. The number of amides is 1. The lowest BCUT2D eigenvalue weighted by Crippen LogP contribution is -2.57. The topological polar surface area (TPSA) is 86.6 Å². The zero-order valence-electron chi connectivity index (χ0n) is 20.7. The molecule has 3 N–H and O–H groups in total. The van der Waals surface area contributed by atoms with E-state index in [0.29, 0.717) is 5.92 Å². The van der Waals surface area contributed by atoms with E-state index in [1.54, 1.807) is 12.1 Å². The van der Waals surface area contributed by atoms with Crippen LogP contribution in [0.1, 0.15) is 81.5 Å². The molecule has 5 nitrogen and oxygen atoms in total. The first-order valence-corrected chi connectivity index (χ1v) is 12.5. The number of carbonyl (C=O) groups is 2. The summed E-state index contributed by atoms with van der Waals surface area (Å²) in [5, 5.41) is 22.2. The van der Waals surface area contributed by atoms with E-state index < -0.39 is 17.4 Å². The number of aryl methyl sites for hydroxylation is 1. The fraction of sp³-hybridized carbons (Fsp3) is 0.517. The maximum Gasteiger partial charge on any atom is 0.326 e. The molecule has 2 aliphatic rings. The van der Waals surface area contributed by atoms with E-state index in [0.717, 1.165) is 37.7 Å². The second-order valence-electron chi connectivity index (χ2n) is 11.1. The van der Waals surface area contributed by atoms with Crippen LogP contribution in [0, 0.1) is 11.3 Å². The van der Waals surface area contributed by atoms with Gasteiger partial charge in [0.25, 0.3) is 0 Å². The van der Waals surface area contributed by atoms with Crippen molar-refractivity contribution < 1.29 is 19.8 Å². The van der Waals surface area contributed by atoms with Gasteiger partial charge in [0.1, 0.15) is 11.8 Å². The minimum atomic E-state index is -1.04. The number of carboxylic acid groups (broad SMARTS) is 1. The minimum absolute atomic E-state index is 0.0941. The summed E-state index contributed by atoms with van der Waals surface area (Å²) in [4.78, 5) is 25.7. The molecule has 0 aromatic heterocycles. The number of hydrogen-bond donors (Lipinski definition) is 3. The number of phenolic OH excluding ortho intramolecular Hbond substituents is 1. The molecule has 0 radical (unpaired) electrons. The van der Waals surface area contributed by atoms with Crippen LogP contribution < -0.4 is 5.32 Å². The Bertz CT molecular complexity index is 1080. The quantitative estimate of drug-likeness (QED) is 0.540. The van der Waals surface area contributed by atoms with Crippen molar-refractivity contribution in [2.24, 2.45) is 11.3 Å². The second-order valence-corrected chi connectivity index (χ2v) is 11.1. The summed E-state index contributed by atoms with van der Waals surface area (Å²) >= 11 is 0. The summed E-state index contributed by atoms with van der Waals surface area (Å²) in [6, 6.07) is 12.3. The van der Waals surface area contributed by atoms with Gasteiger partial charge in [-0.05, 0) is 77.3 Å². The first-order valence-electron chi connectivity index (χ1n) is 12.5. The van der Waals surface area contributed by atoms with Crippen molar-refractivity contribution in [2.75, 3.05) is 0 Å². The Morgan fingerprint density at radius 3 is 2.44 bits per heavy atom. The van der Waals surface area contributed by atoms with Gasteiger partial charge in [0.15, 0.2) is 0 Å². The van der Waals surface area contributed by atoms with Gasteiger partial charge in [0.2, 0.25) is 5.91 Å². The number of hydrogen-bond acceptors (Lipinski definition) is 3. The summed E-state index contributed by atoms with van der Waals surface area (Å²) in [6.45, 7) is 8.78. The van der Waals surface area contributed by atoms with Crippen LogP contribution in [0.5, 0.6) is 5.75 Å². The minimum Gasteiger partial charge on any atom is -0.508 e. The van der Waals surface area contributed by atoms with Gasteiger partial charge in [-0.25, -0.2) is 4.79 Å². The second kappa shape index (κ2) is 9.09. The largest absolute Gasteiger partial charge is 0.508 e. The lowest BCUT2D eigenvalue weighted by atomic mass is 9.49. The Labute approximate surface area is 202 Å². The predicted octanol–water partition coefficient (Wildman–Crippen LogP) is 5.34. The zero-order chi connectivity index (χ0) is 24.7. The summed E-state index contributed by atoms with van der Waals surface area (Å²) in [7, 11) is 0. The predicted molar refractivity (Wildman–Crippen MR) is 133 cm³/mol. The van der Waals surface area contributed by atoms with Gasteiger partial charge in [-0.15, -0.1) is 0 Å². The van der Waals surface area contributed by atoms with Crippen molar-refractivity contribution in [2.45, 2.75) is 83.6 Å². The van der Waals surface area contributed by atoms with Crippen molar-refractivity contribution in [1.82, 2.24) is 5.32 Å². The number of carboxylic acids is 1. The van der Waals surface area contributed by atoms with Gasteiger partial charge in [0.05, 0.1) is 5.41 Å². The zero-order valence-corrected chi connectivity index (χ0v) is 20.7. The van der Waals surface area contributed by atoms with Gasteiger partial charge in [0, 0.05) is 6.42 Å². The highest BCUT2D eigenvalue weighted by molar-refractivity contribution is 5.88. The molecule has 4 rings (SSSR count). The number of carbonyl (C=O) groups excluding carboxylic acids is 1. The third kappa shape index (κ3) is 4.33. The first kappa shape index (κ1) is 24.3. The fourth-order valence-electron chi connectivity index (χ4n) is 6.53. The van der Waals surface area contributed by atoms with Crippen LogP contribution in [-0.2, 0) is 27.8 Å². The van der Waals surface area contributed by atoms with E-state index in [1.165, 1.54) is 28.8 Å². The summed E-state index contributed by atoms with van der Waals surface area (Å²) < 4.78 is 0. The number of nitrogens with one attached hydrogen (secondary N) is 1. The Morgan fingerprint density at radius 2 is 1.79 bits per heavy atom. The average molecular weight is 464 g/mol. The van der Waals surface area contributed by atoms with Crippen molar-refractivity contribution in [3.8, 4) is 5.75 Å². The number of aromatic hydroxyl groups is 1. The number of rotatable bonds is 6. The molecule has 2 aromatic carbocycles. The van der Waals surface area contributed by atoms with Crippen LogP contribution in [0.2, 0.25) is 0 Å². The molecule has 0 saturated heterocycles. The number of aliphatic carboxylic acids is 1. The molecule has 0 spiro atoms. The molecular formula is C29H37NO4. The SMILES string of the molecule is CC(C)c1ccc2c(c1)CC[C@H]1[C@](C)(C(=O)N[C@H](Cc3ccc(O)cc3)C(=O)O)CCC[C@]21C. The molecule has 2 aliphatic carbocycles. The Balaban J connectivity index is 1.59. The Kier molecular flexibility index (Phi) is 6.50. The lowest BCUT2D eigenvalue weighted by Gasteiger charge is -2.54. The van der Waals surface area contributed by atoms with Crippen molar-refractivity contribution in [3.05, 3.63) is 64.7 Å². The molecule has 0 unspecified atom stereocenters. The molecule has 5 heteroatoms.